The first-order valence-corrected chi connectivity index (χ1v) is 7.87. The van der Waals surface area contributed by atoms with Gasteiger partial charge in [-0.25, -0.2) is 0 Å². The van der Waals surface area contributed by atoms with E-state index < -0.39 is 0 Å². The second-order valence-electron chi connectivity index (χ2n) is 5.06. The molecule has 2 aromatic carbocycles. The Morgan fingerprint density at radius 2 is 2.00 bits per heavy atom. The molecule has 0 aliphatic carbocycles. The molecular formula is C17H21BrN2O. The molecule has 0 heterocycles. The number of hydrogen-bond acceptors (Lipinski definition) is 3. The van der Waals surface area contributed by atoms with Gasteiger partial charge in [-0.15, -0.1) is 0 Å². The van der Waals surface area contributed by atoms with Gasteiger partial charge < -0.3 is 15.4 Å². The maximum Gasteiger partial charge on any atom is 0.144 e. The van der Waals surface area contributed by atoms with Crippen molar-refractivity contribution in [2.24, 2.45) is 0 Å². The largest absolute Gasteiger partial charge is 0.491 e. The Balaban J connectivity index is 2.13. The van der Waals surface area contributed by atoms with Gasteiger partial charge in [-0.2, -0.15) is 0 Å². The van der Waals surface area contributed by atoms with Crippen molar-refractivity contribution >= 4 is 27.3 Å². The van der Waals surface area contributed by atoms with Gasteiger partial charge in [-0.1, -0.05) is 35.0 Å². The van der Waals surface area contributed by atoms with Crippen LogP contribution in [0.1, 0.15) is 18.9 Å². The van der Waals surface area contributed by atoms with Crippen LogP contribution < -0.4 is 15.4 Å². The van der Waals surface area contributed by atoms with Crippen molar-refractivity contribution in [1.82, 2.24) is 0 Å². The van der Waals surface area contributed by atoms with Crippen LogP contribution in [0.5, 0.6) is 5.75 Å². The summed E-state index contributed by atoms with van der Waals surface area (Å²) in [5, 5.41) is 0. The van der Waals surface area contributed by atoms with Crippen molar-refractivity contribution in [3.63, 3.8) is 0 Å². The van der Waals surface area contributed by atoms with E-state index >= 15 is 0 Å². The normalized spacial score (nSPS) is 10.4. The van der Waals surface area contributed by atoms with Gasteiger partial charge in [0, 0.05) is 29.8 Å². The van der Waals surface area contributed by atoms with Crippen molar-refractivity contribution in [3.05, 3.63) is 52.5 Å². The Morgan fingerprint density at radius 1 is 1.19 bits per heavy atom. The third kappa shape index (κ3) is 4.39. The number of rotatable bonds is 6. The van der Waals surface area contributed by atoms with Gasteiger partial charge >= 0.3 is 0 Å². The fourth-order valence-corrected chi connectivity index (χ4v) is 2.54. The van der Waals surface area contributed by atoms with E-state index in [0.29, 0.717) is 12.3 Å². The summed E-state index contributed by atoms with van der Waals surface area (Å²) in [5.74, 6) is 0.760. The number of nitrogen functional groups attached to an aromatic ring is 1. The van der Waals surface area contributed by atoms with Gasteiger partial charge in [-0.05, 0) is 36.2 Å². The van der Waals surface area contributed by atoms with E-state index in [-0.39, 0.29) is 0 Å². The highest BCUT2D eigenvalue weighted by atomic mass is 79.9. The van der Waals surface area contributed by atoms with Crippen molar-refractivity contribution < 1.29 is 4.74 Å². The zero-order valence-electron chi connectivity index (χ0n) is 12.5. The summed E-state index contributed by atoms with van der Waals surface area (Å²) < 4.78 is 6.78. The van der Waals surface area contributed by atoms with Gasteiger partial charge in [0.25, 0.3) is 0 Å². The van der Waals surface area contributed by atoms with E-state index in [4.69, 9.17) is 10.5 Å². The van der Waals surface area contributed by atoms with Crippen LogP contribution in [-0.4, -0.2) is 13.7 Å². The van der Waals surface area contributed by atoms with Crippen LogP contribution in [0.3, 0.4) is 0 Å². The molecule has 0 aliphatic rings. The second kappa shape index (κ2) is 7.36. The highest BCUT2D eigenvalue weighted by Crippen LogP contribution is 2.28. The molecule has 4 heteroatoms. The molecule has 0 unspecified atom stereocenters. The molecule has 0 aromatic heterocycles. The molecule has 0 spiro atoms. The summed E-state index contributed by atoms with van der Waals surface area (Å²) in [6, 6.07) is 14.2. The number of nitrogens with two attached hydrogens (primary N) is 1. The highest BCUT2D eigenvalue weighted by molar-refractivity contribution is 9.10. The predicted molar refractivity (Wildman–Crippen MR) is 92.9 cm³/mol. The predicted octanol–water partition coefficient (Wildman–Crippen LogP) is 4.46. The van der Waals surface area contributed by atoms with E-state index in [1.165, 1.54) is 5.56 Å². The Kier molecular flexibility index (Phi) is 5.51. The van der Waals surface area contributed by atoms with Crippen molar-refractivity contribution in [1.29, 1.82) is 0 Å². The van der Waals surface area contributed by atoms with Crippen LogP contribution in [0.2, 0.25) is 0 Å². The van der Waals surface area contributed by atoms with Crippen molar-refractivity contribution in [3.8, 4) is 5.75 Å². The molecule has 0 aliphatic heterocycles. The number of anilines is 2. The molecule has 2 aromatic rings. The molecule has 112 valence electrons. The standard InChI is InChI=1S/C17H21BrN2O/c1-3-9-21-17-11-15(7-8-16(17)19)20(2)12-13-5-4-6-14(18)10-13/h4-8,10-11H,3,9,12,19H2,1-2H3. The molecule has 21 heavy (non-hydrogen) atoms. The molecule has 0 saturated heterocycles. The summed E-state index contributed by atoms with van der Waals surface area (Å²) in [6.45, 7) is 3.60. The zero-order chi connectivity index (χ0) is 15.2. The topological polar surface area (TPSA) is 38.5 Å². The Morgan fingerprint density at radius 3 is 2.71 bits per heavy atom. The Bertz CT molecular complexity index is 601. The summed E-state index contributed by atoms with van der Waals surface area (Å²) in [5.41, 5.74) is 8.98. The van der Waals surface area contributed by atoms with Crippen molar-refractivity contribution in [2.45, 2.75) is 19.9 Å². The van der Waals surface area contributed by atoms with Crippen LogP contribution in [-0.2, 0) is 6.54 Å². The van der Waals surface area contributed by atoms with Crippen LogP contribution >= 0.6 is 15.9 Å². The quantitative estimate of drug-likeness (QED) is 0.783. The highest BCUT2D eigenvalue weighted by Gasteiger charge is 2.07. The first-order chi connectivity index (χ1) is 10.1. The minimum atomic E-state index is 0.683. The van der Waals surface area contributed by atoms with Crippen LogP contribution in [0, 0.1) is 0 Å². The molecular weight excluding hydrogens is 328 g/mol. The fourth-order valence-electron chi connectivity index (χ4n) is 2.10. The van der Waals surface area contributed by atoms with E-state index in [9.17, 15) is 0 Å². The molecule has 2 rings (SSSR count). The minimum absolute atomic E-state index is 0.683. The number of benzene rings is 2. The van der Waals surface area contributed by atoms with E-state index in [2.05, 4.69) is 46.9 Å². The Hall–Kier alpha value is -1.68. The summed E-state index contributed by atoms with van der Waals surface area (Å²) in [4.78, 5) is 2.18. The molecule has 2 N–H and O–H groups in total. The third-order valence-electron chi connectivity index (χ3n) is 3.21. The molecule has 0 saturated carbocycles. The van der Waals surface area contributed by atoms with E-state index in [1.807, 2.05) is 30.3 Å². The lowest BCUT2D eigenvalue weighted by molar-refractivity contribution is 0.319. The second-order valence-corrected chi connectivity index (χ2v) is 5.97. The van der Waals surface area contributed by atoms with Crippen LogP contribution in [0.25, 0.3) is 0 Å². The SMILES string of the molecule is CCCOc1cc(N(C)Cc2cccc(Br)c2)ccc1N. The lowest BCUT2D eigenvalue weighted by Gasteiger charge is -2.21. The lowest BCUT2D eigenvalue weighted by atomic mass is 10.2. The van der Waals surface area contributed by atoms with E-state index in [1.54, 1.807) is 0 Å². The molecule has 0 radical (unpaired) electrons. The number of ether oxygens (including phenoxy) is 1. The first kappa shape index (κ1) is 15.7. The van der Waals surface area contributed by atoms with Gasteiger partial charge in [0.2, 0.25) is 0 Å². The summed E-state index contributed by atoms with van der Waals surface area (Å²) in [7, 11) is 2.07. The number of nitrogens with zero attached hydrogens (tertiary/aromatic N) is 1. The smallest absolute Gasteiger partial charge is 0.144 e. The molecule has 0 atom stereocenters. The molecule has 3 nitrogen and oxygen atoms in total. The number of halogens is 1. The van der Waals surface area contributed by atoms with Crippen LogP contribution in [0.4, 0.5) is 11.4 Å². The number of hydrogen-bond donors (Lipinski definition) is 1. The lowest BCUT2D eigenvalue weighted by Crippen LogP contribution is -2.16. The Labute approximate surface area is 134 Å². The van der Waals surface area contributed by atoms with E-state index in [0.717, 1.165) is 28.9 Å². The minimum Gasteiger partial charge on any atom is -0.491 e. The van der Waals surface area contributed by atoms with Gasteiger partial charge in [0.15, 0.2) is 0 Å². The van der Waals surface area contributed by atoms with Crippen molar-refractivity contribution in [2.75, 3.05) is 24.3 Å². The fraction of sp³-hybridized carbons (Fsp3) is 0.294. The molecule has 0 bridgehead atoms. The van der Waals surface area contributed by atoms with Gasteiger partial charge in [0.1, 0.15) is 5.75 Å². The third-order valence-corrected chi connectivity index (χ3v) is 3.70. The zero-order valence-corrected chi connectivity index (χ0v) is 14.1. The van der Waals surface area contributed by atoms with Gasteiger partial charge in [0.05, 0.1) is 12.3 Å². The molecule has 0 amide bonds. The average molecular weight is 349 g/mol. The maximum atomic E-state index is 5.95. The van der Waals surface area contributed by atoms with Gasteiger partial charge in [-0.3, -0.25) is 0 Å². The average Bonchev–Trinajstić information content (AvgIpc) is 2.46. The first-order valence-electron chi connectivity index (χ1n) is 7.08. The monoisotopic (exact) mass is 348 g/mol. The maximum absolute atomic E-state index is 5.95. The molecule has 0 fully saturated rings. The summed E-state index contributed by atoms with van der Waals surface area (Å²) >= 11 is 3.50. The van der Waals surface area contributed by atoms with Crippen LogP contribution in [0.15, 0.2) is 46.9 Å². The summed E-state index contributed by atoms with van der Waals surface area (Å²) in [6.07, 6.45) is 0.970.